The monoisotopic (exact) mass is 450 g/mol. The smallest absolute Gasteiger partial charge is 0.326 e. The van der Waals surface area contributed by atoms with E-state index >= 15 is 0 Å². The summed E-state index contributed by atoms with van der Waals surface area (Å²) in [5, 5.41) is 5.43. The van der Waals surface area contributed by atoms with Crippen LogP contribution in [0.1, 0.15) is 23.5 Å². The van der Waals surface area contributed by atoms with E-state index in [4.69, 9.17) is 0 Å². The Bertz CT molecular complexity index is 1280. The third-order valence-corrected chi connectivity index (χ3v) is 6.08. The summed E-state index contributed by atoms with van der Waals surface area (Å²) in [6.07, 6.45) is 2.27. The lowest BCUT2D eigenvalue weighted by Crippen LogP contribution is -2.42. The Hall–Kier alpha value is -3.59. The molecule has 2 amide bonds. The van der Waals surface area contributed by atoms with E-state index in [2.05, 4.69) is 15.6 Å². The minimum Gasteiger partial charge on any atom is -0.326 e. The van der Waals surface area contributed by atoms with E-state index < -0.39 is 29.0 Å². The van der Waals surface area contributed by atoms with Gasteiger partial charge in [0.15, 0.2) is 0 Å². The molecule has 1 aliphatic heterocycles. The fraction of sp³-hybridized carbons (Fsp3) is 0.217. The summed E-state index contributed by atoms with van der Waals surface area (Å²) in [6, 6.07) is 16.8. The first-order valence-corrected chi connectivity index (χ1v) is 11.3. The van der Waals surface area contributed by atoms with Gasteiger partial charge in [-0.05, 0) is 36.4 Å². The summed E-state index contributed by atoms with van der Waals surface area (Å²) in [7, 11) is 0. The van der Waals surface area contributed by atoms with E-state index in [0.29, 0.717) is 12.1 Å². The van der Waals surface area contributed by atoms with Crippen molar-refractivity contribution in [2.75, 3.05) is 16.9 Å². The predicted molar refractivity (Wildman–Crippen MR) is 124 cm³/mol. The highest BCUT2D eigenvalue weighted by Crippen LogP contribution is 2.30. The summed E-state index contributed by atoms with van der Waals surface area (Å²) in [4.78, 5) is 54.0. The highest BCUT2D eigenvalue weighted by Gasteiger charge is 2.35. The number of aryl methyl sites for hydroxylation is 1. The largest absolute Gasteiger partial charge is 0.329 e. The Labute approximate surface area is 188 Å². The molecule has 0 spiro atoms. The van der Waals surface area contributed by atoms with Crippen molar-refractivity contribution in [2.45, 2.75) is 30.2 Å². The standard InChI is InChI=1S/C23H22N4O4S/c1-32-16-9-5-8-15(12-16)24-21(29)17-13-18(28)25-20-19(17)22(30)26-23(31)27(20)11-10-14-6-3-2-4-7-14/h2-9,12,17H,10-11,13H2,1H3,(H,24,29)(H,25,28)(H,26,30,31)/t17-/m0/s1. The van der Waals surface area contributed by atoms with Gasteiger partial charge in [0.1, 0.15) is 5.82 Å². The second-order valence-electron chi connectivity index (χ2n) is 7.43. The van der Waals surface area contributed by atoms with Gasteiger partial charge in [0.25, 0.3) is 5.56 Å². The lowest BCUT2D eigenvalue weighted by molar-refractivity contribution is -0.123. The molecule has 4 rings (SSSR count). The lowest BCUT2D eigenvalue weighted by Gasteiger charge is -2.26. The molecule has 0 unspecified atom stereocenters. The molecule has 0 radical (unpaired) electrons. The maximum Gasteiger partial charge on any atom is 0.329 e. The van der Waals surface area contributed by atoms with Crippen LogP contribution in [0.15, 0.2) is 69.1 Å². The van der Waals surface area contributed by atoms with E-state index in [1.165, 1.54) is 16.3 Å². The van der Waals surface area contributed by atoms with Crippen LogP contribution in [0.3, 0.4) is 0 Å². The summed E-state index contributed by atoms with van der Waals surface area (Å²) < 4.78 is 1.31. The van der Waals surface area contributed by atoms with Gasteiger partial charge < -0.3 is 10.6 Å². The first-order valence-electron chi connectivity index (χ1n) is 10.1. The van der Waals surface area contributed by atoms with E-state index in [0.717, 1.165) is 10.5 Å². The Morgan fingerprint density at radius 2 is 1.91 bits per heavy atom. The van der Waals surface area contributed by atoms with Gasteiger partial charge in [-0.2, -0.15) is 0 Å². The number of nitrogens with one attached hydrogen (secondary N) is 3. The van der Waals surface area contributed by atoms with Gasteiger partial charge in [-0.15, -0.1) is 11.8 Å². The zero-order valence-corrected chi connectivity index (χ0v) is 18.2. The number of thioether (sulfide) groups is 1. The average Bonchev–Trinajstić information content (AvgIpc) is 2.79. The zero-order valence-electron chi connectivity index (χ0n) is 17.4. The van der Waals surface area contributed by atoms with Crippen LogP contribution >= 0.6 is 11.8 Å². The predicted octanol–water partition coefficient (Wildman–Crippen LogP) is 2.57. The minimum atomic E-state index is -1.01. The van der Waals surface area contributed by atoms with Crippen molar-refractivity contribution in [3.63, 3.8) is 0 Å². The summed E-state index contributed by atoms with van der Waals surface area (Å²) in [5.74, 6) is -1.82. The van der Waals surface area contributed by atoms with Crippen molar-refractivity contribution >= 4 is 35.1 Å². The summed E-state index contributed by atoms with van der Waals surface area (Å²) >= 11 is 1.54. The van der Waals surface area contributed by atoms with Crippen LogP contribution in [0.5, 0.6) is 0 Å². The molecule has 0 bridgehead atoms. The van der Waals surface area contributed by atoms with E-state index in [1.807, 2.05) is 54.8 Å². The molecule has 0 aliphatic carbocycles. The van der Waals surface area contributed by atoms with Crippen LogP contribution < -0.4 is 21.9 Å². The molecule has 8 nitrogen and oxygen atoms in total. The van der Waals surface area contributed by atoms with Gasteiger partial charge in [-0.25, -0.2) is 4.79 Å². The summed E-state index contributed by atoms with van der Waals surface area (Å²) in [5.41, 5.74) is 0.376. The van der Waals surface area contributed by atoms with Crippen LogP contribution in [-0.2, 0) is 22.6 Å². The molecule has 0 saturated carbocycles. The molecule has 3 aromatic rings. The first-order chi connectivity index (χ1) is 15.5. The molecule has 2 heterocycles. The molecule has 0 fully saturated rings. The topological polar surface area (TPSA) is 113 Å². The number of amides is 2. The number of carbonyl (C=O) groups excluding carboxylic acids is 2. The molecule has 9 heteroatoms. The minimum absolute atomic E-state index is 0.0870. The lowest BCUT2D eigenvalue weighted by atomic mass is 9.92. The Morgan fingerprint density at radius 1 is 1.12 bits per heavy atom. The number of aromatic nitrogens is 2. The first kappa shape index (κ1) is 21.6. The Kier molecular flexibility index (Phi) is 6.27. The number of benzene rings is 2. The zero-order chi connectivity index (χ0) is 22.7. The second kappa shape index (κ2) is 9.27. The van der Waals surface area contributed by atoms with Crippen LogP contribution in [0.4, 0.5) is 11.5 Å². The van der Waals surface area contributed by atoms with Crippen molar-refractivity contribution in [2.24, 2.45) is 0 Å². The van der Waals surface area contributed by atoms with Gasteiger partial charge in [0.05, 0.1) is 11.5 Å². The molecular formula is C23H22N4O4S. The van der Waals surface area contributed by atoms with Crippen LogP contribution in [0.25, 0.3) is 0 Å². The van der Waals surface area contributed by atoms with Crippen molar-refractivity contribution in [1.82, 2.24) is 9.55 Å². The number of hydrogen-bond acceptors (Lipinski definition) is 5. The molecule has 0 saturated heterocycles. The fourth-order valence-electron chi connectivity index (χ4n) is 3.77. The average molecular weight is 451 g/mol. The highest BCUT2D eigenvalue weighted by molar-refractivity contribution is 7.98. The second-order valence-corrected chi connectivity index (χ2v) is 8.31. The quantitative estimate of drug-likeness (QED) is 0.500. The van der Waals surface area contributed by atoms with Crippen molar-refractivity contribution in [3.05, 3.63) is 86.6 Å². The third-order valence-electron chi connectivity index (χ3n) is 5.35. The molecule has 1 atom stereocenters. The third kappa shape index (κ3) is 4.52. The van der Waals surface area contributed by atoms with Crippen molar-refractivity contribution in [1.29, 1.82) is 0 Å². The number of carbonyl (C=O) groups is 2. The van der Waals surface area contributed by atoms with Crippen LogP contribution in [0.2, 0.25) is 0 Å². The number of rotatable bonds is 6. The molecule has 32 heavy (non-hydrogen) atoms. The van der Waals surface area contributed by atoms with E-state index in [9.17, 15) is 19.2 Å². The van der Waals surface area contributed by atoms with Crippen molar-refractivity contribution in [3.8, 4) is 0 Å². The highest BCUT2D eigenvalue weighted by atomic mass is 32.2. The number of anilines is 2. The number of hydrogen-bond donors (Lipinski definition) is 3. The van der Waals surface area contributed by atoms with Gasteiger partial charge in [-0.3, -0.25) is 23.9 Å². The molecule has 3 N–H and O–H groups in total. The van der Waals surface area contributed by atoms with Crippen molar-refractivity contribution < 1.29 is 9.59 Å². The number of aromatic amines is 1. The molecule has 1 aliphatic rings. The normalized spacial score (nSPS) is 15.0. The number of H-pyrrole nitrogens is 1. The van der Waals surface area contributed by atoms with Gasteiger partial charge in [0.2, 0.25) is 11.8 Å². The van der Waals surface area contributed by atoms with Gasteiger partial charge in [-0.1, -0.05) is 36.4 Å². The molecule has 1 aromatic heterocycles. The SMILES string of the molecule is CSc1cccc(NC(=O)[C@H]2CC(=O)Nc3c2c(=O)[nH]c(=O)n3CCc2ccccc2)c1. The summed E-state index contributed by atoms with van der Waals surface area (Å²) in [6.45, 7) is 0.242. The van der Waals surface area contributed by atoms with E-state index in [1.54, 1.807) is 6.07 Å². The maximum atomic E-state index is 13.1. The van der Waals surface area contributed by atoms with Gasteiger partial charge >= 0.3 is 5.69 Å². The number of nitrogens with zero attached hydrogens (tertiary/aromatic N) is 1. The van der Waals surface area contributed by atoms with Crippen LogP contribution in [0, 0.1) is 0 Å². The fourth-order valence-corrected chi connectivity index (χ4v) is 4.23. The maximum absolute atomic E-state index is 13.1. The molecular weight excluding hydrogens is 428 g/mol. The Balaban J connectivity index is 1.68. The van der Waals surface area contributed by atoms with Gasteiger partial charge in [0, 0.05) is 23.5 Å². The molecule has 164 valence electrons. The number of fused-ring (bicyclic) bond motifs is 1. The van der Waals surface area contributed by atoms with Crippen LogP contribution in [-0.4, -0.2) is 27.6 Å². The molecule has 2 aromatic carbocycles. The Morgan fingerprint density at radius 3 is 2.66 bits per heavy atom. The van der Waals surface area contributed by atoms with E-state index in [-0.39, 0.29) is 24.3 Å².